The van der Waals surface area contributed by atoms with Crippen LogP contribution in [0.3, 0.4) is 0 Å². The van der Waals surface area contributed by atoms with Crippen molar-refractivity contribution in [3.05, 3.63) is 0 Å². The summed E-state index contributed by atoms with van der Waals surface area (Å²) in [6.07, 6.45) is 2.19. The number of carbonyl (C=O) groups excluding carboxylic acids is 2. The summed E-state index contributed by atoms with van der Waals surface area (Å²) in [6.45, 7) is 0.554. The Kier molecular flexibility index (Phi) is 3.79. The number of hydrogen-bond acceptors (Lipinski definition) is 4. The number of likely N-dealkylation sites (tertiary alicyclic amines) is 1. The van der Waals surface area contributed by atoms with Crippen LogP contribution in [0, 0.1) is 11.8 Å². The number of hydrogen-bond donors (Lipinski definition) is 1. The first-order valence-corrected chi connectivity index (χ1v) is 6.15. The van der Waals surface area contributed by atoms with Gasteiger partial charge >= 0.3 is 0 Å². The van der Waals surface area contributed by atoms with Gasteiger partial charge in [0, 0.05) is 25.5 Å². The average molecular weight is 241 g/mol. The zero-order chi connectivity index (χ0) is 12.4. The molecule has 0 aromatic heterocycles. The number of rotatable bonds is 5. The maximum Gasteiger partial charge on any atom is 0.232 e. The maximum atomic E-state index is 12.0. The molecule has 3 unspecified atom stereocenters. The lowest BCUT2D eigenvalue weighted by Gasteiger charge is -2.30. The smallest absolute Gasteiger partial charge is 0.232 e. The van der Waals surface area contributed by atoms with Crippen LogP contribution in [0.15, 0.2) is 0 Å². The van der Waals surface area contributed by atoms with Crippen LogP contribution < -0.4 is 0 Å². The molecule has 0 spiro atoms. The summed E-state index contributed by atoms with van der Waals surface area (Å²) in [4.78, 5) is 25.3. The monoisotopic (exact) mass is 241 g/mol. The van der Waals surface area contributed by atoms with Crippen LogP contribution in [0.2, 0.25) is 0 Å². The molecule has 2 rings (SSSR count). The van der Waals surface area contributed by atoms with Gasteiger partial charge in [0.15, 0.2) is 0 Å². The average Bonchev–Trinajstić information content (AvgIpc) is 2.74. The highest BCUT2D eigenvalue weighted by atomic mass is 16.5. The van der Waals surface area contributed by atoms with Gasteiger partial charge in [-0.05, 0) is 25.7 Å². The van der Waals surface area contributed by atoms with Crippen molar-refractivity contribution in [2.75, 3.05) is 20.3 Å². The second-order valence-corrected chi connectivity index (χ2v) is 4.93. The molecule has 2 aliphatic rings. The van der Waals surface area contributed by atoms with Crippen LogP contribution in [0.25, 0.3) is 0 Å². The van der Waals surface area contributed by atoms with Gasteiger partial charge in [0.1, 0.15) is 0 Å². The van der Waals surface area contributed by atoms with E-state index in [1.54, 1.807) is 0 Å². The molecule has 2 fully saturated rings. The molecule has 1 saturated carbocycles. The summed E-state index contributed by atoms with van der Waals surface area (Å²) in [7, 11) is 1.51. The SMILES string of the molecule is COCC(O)CCN1C(=O)C2CCC(C2)C1=O. The van der Waals surface area contributed by atoms with Crippen LogP contribution in [-0.2, 0) is 14.3 Å². The summed E-state index contributed by atoms with van der Waals surface area (Å²) in [6, 6.07) is 0. The van der Waals surface area contributed by atoms with E-state index in [2.05, 4.69) is 0 Å². The highest BCUT2D eigenvalue weighted by molar-refractivity contribution is 6.00. The summed E-state index contributed by atoms with van der Waals surface area (Å²) in [5, 5.41) is 9.53. The number of imide groups is 1. The Hall–Kier alpha value is -0.940. The molecule has 5 heteroatoms. The number of fused-ring (bicyclic) bond motifs is 2. The van der Waals surface area contributed by atoms with Crippen LogP contribution in [-0.4, -0.2) is 48.2 Å². The van der Waals surface area contributed by atoms with Gasteiger partial charge in [-0.15, -0.1) is 0 Å². The Morgan fingerprint density at radius 2 is 1.94 bits per heavy atom. The molecular formula is C12H19NO4. The van der Waals surface area contributed by atoms with Crippen molar-refractivity contribution >= 4 is 11.8 Å². The number of amides is 2. The molecule has 1 aliphatic heterocycles. The third-order valence-electron chi connectivity index (χ3n) is 3.71. The van der Waals surface area contributed by atoms with Gasteiger partial charge < -0.3 is 9.84 Å². The molecule has 0 aromatic rings. The molecule has 2 amide bonds. The minimum Gasteiger partial charge on any atom is -0.391 e. The summed E-state index contributed by atoms with van der Waals surface area (Å²) >= 11 is 0. The number of methoxy groups -OCH3 is 1. The Labute approximate surface area is 101 Å². The Bertz CT molecular complexity index is 296. The first-order chi connectivity index (χ1) is 8.13. The second-order valence-electron chi connectivity index (χ2n) is 4.93. The van der Waals surface area contributed by atoms with Crippen molar-refractivity contribution < 1.29 is 19.4 Å². The number of piperidine rings is 1. The largest absolute Gasteiger partial charge is 0.391 e. The topological polar surface area (TPSA) is 66.8 Å². The van der Waals surface area contributed by atoms with Crippen molar-refractivity contribution in [3.8, 4) is 0 Å². The molecule has 1 N–H and O–H groups in total. The highest BCUT2D eigenvalue weighted by Gasteiger charge is 2.44. The fourth-order valence-electron chi connectivity index (χ4n) is 2.75. The Morgan fingerprint density at radius 3 is 2.47 bits per heavy atom. The van der Waals surface area contributed by atoms with Gasteiger partial charge in [-0.25, -0.2) is 0 Å². The standard InChI is InChI=1S/C12H19NO4/c1-17-7-10(14)4-5-13-11(15)8-2-3-9(6-8)12(13)16/h8-10,14H,2-7H2,1H3. The lowest BCUT2D eigenvalue weighted by atomic mass is 9.97. The normalized spacial score (nSPS) is 29.9. The molecule has 5 nitrogen and oxygen atoms in total. The Balaban J connectivity index is 1.91. The number of aliphatic hydroxyl groups excluding tert-OH is 1. The van der Waals surface area contributed by atoms with Gasteiger partial charge in [0.05, 0.1) is 12.7 Å². The van der Waals surface area contributed by atoms with Crippen molar-refractivity contribution in [2.45, 2.75) is 31.8 Å². The minimum absolute atomic E-state index is 0.0391. The third-order valence-corrected chi connectivity index (χ3v) is 3.71. The van der Waals surface area contributed by atoms with E-state index in [0.29, 0.717) is 13.0 Å². The van der Waals surface area contributed by atoms with E-state index in [-0.39, 0.29) is 30.3 Å². The number of aliphatic hydroxyl groups is 1. The first kappa shape index (κ1) is 12.5. The van der Waals surface area contributed by atoms with E-state index in [1.807, 2.05) is 0 Å². The van der Waals surface area contributed by atoms with Gasteiger partial charge in [-0.3, -0.25) is 14.5 Å². The molecular weight excluding hydrogens is 222 g/mol. The minimum atomic E-state index is -0.611. The van der Waals surface area contributed by atoms with Crippen molar-refractivity contribution in [1.82, 2.24) is 4.90 Å². The summed E-state index contributed by atoms with van der Waals surface area (Å²) < 4.78 is 4.81. The predicted octanol–water partition coefficient (Wildman–Crippen LogP) is 0.169. The third kappa shape index (κ3) is 2.50. The van der Waals surface area contributed by atoms with E-state index < -0.39 is 6.10 Å². The van der Waals surface area contributed by atoms with E-state index in [1.165, 1.54) is 12.0 Å². The van der Waals surface area contributed by atoms with Crippen LogP contribution >= 0.6 is 0 Å². The van der Waals surface area contributed by atoms with E-state index >= 15 is 0 Å². The number of nitrogens with zero attached hydrogens (tertiary/aromatic N) is 1. The van der Waals surface area contributed by atoms with Crippen LogP contribution in [0.5, 0.6) is 0 Å². The van der Waals surface area contributed by atoms with E-state index in [4.69, 9.17) is 4.74 Å². The van der Waals surface area contributed by atoms with Crippen molar-refractivity contribution in [2.24, 2.45) is 11.8 Å². The molecule has 2 bridgehead atoms. The van der Waals surface area contributed by atoms with Crippen molar-refractivity contribution in [1.29, 1.82) is 0 Å². The zero-order valence-corrected chi connectivity index (χ0v) is 10.1. The Morgan fingerprint density at radius 1 is 1.35 bits per heavy atom. The molecule has 1 saturated heterocycles. The zero-order valence-electron chi connectivity index (χ0n) is 10.1. The van der Waals surface area contributed by atoms with Gasteiger partial charge in [-0.2, -0.15) is 0 Å². The fraction of sp³-hybridized carbons (Fsp3) is 0.833. The fourth-order valence-corrected chi connectivity index (χ4v) is 2.75. The number of ether oxygens (including phenoxy) is 1. The second kappa shape index (κ2) is 5.14. The molecule has 0 radical (unpaired) electrons. The predicted molar refractivity (Wildman–Crippen MR) is 60.1 cm³/mol. The lowest BCUT2D eigenvalue weighted by Crippen LogP contribution is -2.47. The first-order valence-electron chi connectivity index (χ1n) is 6.15. The van der Waals surface area contributed by atoms with Gasteiger partial charge in [0.25, 0.3) is 0 Å². The summed E-state index contributed by atoms with van der Waals surface area (Å²) in [5.74, 6) is -0.0173. The van der Waals surface area contributed by atoms with E-state index in [9.17, 15) is 14.7 Å². The maximum absolute atomic E-state index is 12.0. The van der Waals surface area contributed by atoms with E-state index in [0.717, 1.165) is 19.3 Å². The number of carbonyl (C=O) groups is 2. The van der Waals surface area contributed by atoms with Gasteiger partial charge in [0.2, 0.25) is 11.8 Å². The molecule has 3 atom stereocenters. The molecule has 17 heavy (non-hydrogen) atoms. The van der Waals surface area contributed by atoms with Crippen LogP contribution in [0.4, 0.5) is 0 Å². The summed E-state index contributed by atoms with van der Waals surface area (Å²) in [5.41, 5.74) is 0. The lowest BCUT2D eigenvalue weighted by molar-refractivity contribution is -0.153. The quantitative estimate of drug-likeness (QED) is 0.697. The molecule has 1 aliphatic carbocycles. The molecule has 0 aromatic carbocycles. The van der Waals surface area contributed by atoms with Crippen molar-refractivity contribution in [3.63, 3.8) is 0 Å². The van der Waals surface area contributed by atoms with Gasteiger partial charge in [-0.1, -0.05) is 0 Å². The highest BCUT2D eigenvalue weighted by Crippen LogP contribution is 2.38. The molecule has 96 valence electrons. The molecule has 1 heterocycles. The van der Waals surface area contributed by atoms with Crippen LogP contribution in [0.1, 0.15) is 25.7 Å².